The average Bonchev–Trinajstić information content (AvgIpc) is 2.80. The Morgan fingerprint density at radius 2 is 2.11 bits per heavy atom. The van der Waals surface area contributed by atoms with E-state index < -0.39 is 0 Å². The number of nitrogens with zero attached hydrogens (tertiary/aromatic N) is 3. The highest BCUT2D eigenvalue weighted by molar-refractivity contribution is 5.74. The Balaban J connectivity index is 2.21. The van der Waals surface area contributed by atoms with E-state index in [1.54, 1.807) is 16.8 Å². The van der Waals surface area contributed by atoms with Gasteiger partial charge < -0.3 is 0 Å². The fourth-order valence-corrected chi connectivity index (χ4v) is 1.95. The van der Waals surface area contributed by atoms with Gasteiger partial charge in [-0.05, 0) is 13.0 Å². The van der Waals surface area contributed by atoms with E-state index >= 15 is 0 Å². The number of carbonyl (C=O) groups excluding carboxylic acids is 1. The number of aryl methyl sites for hydroxylation is 1. The van der Waals surface area contributed by atoms with Crippen molar-refractivity contribution in [3.63, 3.8) is 0 Å². The van der Waals surface area contributed by atoms with E-state index in [1.165, 1.54) is 5.56 Å². The number of benzene rings is 1. The molecule has 0 saturated heterocycles. The van der Waals surface area contributed by atoms with E-state index in [2.05, 4.69) is 16.0 Å². The van der Waals surface area contributed by atoms with Crippen molar-refractivity contribution in [2.45, 2.75) is 6.92 Å². The number of carbonyl (C=O) groups is 1. The molecule has 0 radical (unpaired) electrons. The summed E-state index contributed by atoms with van der Waals surface area (Å²) in [6.45, 7) is 2.04. The molecule has 0 aliphatic carbocycles. The largest absolute Gasteiger partial charge is 0.296 e. The van der Waals surface area contributed by atoms with Crippen LogP contribution in [-0.4, -0.2) is 20.7 Å². The van der Waals surface area contributed by atoms with E-state index in [0.717, 1.165) is 17.5 Å². The smallest absolute Gasteiger partial charge is 0.168 e. The zero-order chi connectivity index (χ0) is 12.5. The molecule has 0 saturated carbocycles. The van der Waals surface area contributed by atoms with Crippen LogP contribution in [0.2, 0.25) is 0 Å². The fourth-order valence-electron chi connectivity index (χ4n) is 1.95. The lowest BCUT2D eigenvalue weighted by Gasteiger charge is -2.03. The lowest BCUT2D eigenvalue weighted by atomic mass is 10.1. The zero-order valence-corrected chi connectivity index (χ0v) is 9.87. The minimum Gasteiger partial charge on any atom is -0.296 e. The Bertz CT molecular complexity index is 731. The van der Waals surface area contributed by atoms with Crippen LogP contribution in [0.5, 0.6) is 0 Å². The van der Waals surface area contributed by atoms with Crippen LogP contribution < -0.4 is 0 Å². The van der Waals surface area contributed by atoms with Crippen LogP contribution in [0.4, 0.5) is 0 Å². The first-order chi connectivity index (χ1) is 8.78. The number of hydrogen-bond acceptors (Lipinski definition) is 3. The summed E-state index contributed by atoms with van der Waals surface area (Å²) in [6.07, 6.45) is 5.84. The summed E-state index contributed by atoms with van der Waals surface area (Å²) in [4.78, 5) is 19.4. The Hall–Kier alpha value is -2.49. The van der Waals surface area contributed by atoms with Crippen molar-refractivity contribution in [1.29, 1.82) is 0 Å². The second-order valence-electron chi connectivity index (χ2n) is 4.17. The Kier molecular flexibility index (Phi) is 2.41. The van der Waals surface area contributed by atoms with E-state index in [4.69, 9.17) is 0 Å². The Labute approximate surface area is 104 Å². The average molecular weight is 237 g/mol. The van der Waals surface area contributed by atoms with Gasteiger partial charge in [-0.3, -0.25) is 14.2 Å². The minimum absolute atomic E-state index is 0.529. The number of fused-ring (bicyclic) bond motifs is 1. The number of imidazole rings is 1. The van der Waals surface area contributed by atoms with Crippen molar-refractivity contribution in [2.75, 3.05) is 0 Å². The van der Waals surface area contributed by atoms with Gasteiger partial charge in [0, 0.05) is 11.8 Å². The van der Waals surface area contributed by atoms with Crippen molar-refractivity contribution >= 4 is 11.9 Å². The van der Waals surface area contributed by atoms with Gasteiger partial charge in [-0.1, -0.05) is 23.8 Å². The molecule has 1 aromatic carbocycles. The van der Waals surface area contributed by atoms with Gasteiger partial charge in [-0.15, -0.1) is 0 Å². The molecule has 0 spiro atoms. The maximum Gasteiger partial charge on any atom is 0.168 e. The Morgan fingerprint density at radius 3 is 2.89 bits per heavy atom. The van der Waals surface area contributed by atoms with Gasteiger partial charge in [0.05, 0.1) is 18.1 Å². The van der Waals surface area contributed by atoms with Crippen molar-refractivity contribution in [1.82, 2.24) is 14.4 Å². The van der Waals surface area contributed by atoms with Crippen molar-refractivity contribution in [3.05, 3.63) is 54.1 Å². The maximum atomic E-state index is 10.9. The van der Waals surface area contributed by atoms with Crippen molar-refractivity contribution in [3.8, 4) is 11.3 Å². The van der Waals surface area contributed by atoms with Crippen molar-refractivity contribution in [2.24, 2.45) is 0 Å². The monoisotopic (exact) mass is 237 g/mol. The SMILES string of the molecule is Cc1cccc(-c2cn3c(C=O)cnc3cn2)c1. The first-order valence-corrected chi connectivity index (χ1v) is 5.63. The predicted octanol–water partition coefficient (Wildman–Crippen LogP) is 2.52. The molecule has 3 aromatic rings. The Morgan fingerprint density at radius 1 is 1.22 bits per heavy atom. The summed E-state index contributed by atoms with van der Waals surface area (Å²) >= 11 is 0. The zero-order valence-electron chi connectivity index (χ0n) is 9.87. The summed E-state index contributed by atoms with van der Waals surface area (Å²) in [6, 6.07) is 8.09. The summed E-state index contributed by atoms with van der Waals surface area (Å²) < 4.78 is 1.75. The highest BCUT2D eigenvalue weighted by atomic mass is 16.1. The molecule has 2 heterocycles. The van der Waals surface area contributed by atoms with Crippen LogP contribution in [-0.2, 0) is 0 Å². The van der Waals surface area contributed by atoms with E-state index in [-0.39, 0.29) is 0 Å². The molecule has 2 aromatic heterocycles. The van der Waals surface area contributed by atoms with Gasteiger partial charge in [0.2, 0.25) is 0 Å². The molecule has 3 rings (SSSR count). The quantitative estimate of drug-likeness (QED) is 0.643. The molecule has 4 heteroatoms. The standard InChI is InChI=1S/C14H11N3O/c1-10-3-2-4-11(5-10)13-8-17-12(9-18)6-16-14(17)7-15-13/h2-9H,1H3. The van der Waals surface area contributed by atoms with Gasteiger partial charge in [0.1, 0.15) is 5.69 Å². The minimum atomic E-state index is 0.529. The molecule has 0 unspecified atom stereocenters. The van der Waals surface area contributed by atoms with Gasteiger partial charge in [-0.25, -0.2) is 4.98 Å². The summed E-state index contributed by atoms with van der Waals surface area (Å²) in [5.74, 6) is 0. The van der Waals surface area contributed by atoms with Crippen LogP contribution in [0, 0.1) is 6.92 Å². The second kappa shape index (κ2) is 4.07. The lowest BCUT2D eigenvalue weighted by Crippen LogP contribution is -1.94. The van der Waals surface area contributed by atoms with E-state index in [1.807, 2.05) is 31.3 Å². The predicted molar refractivity (Wildman–Crippen MR) is 68.5 cm³/mol. The van der Waals surface area contributed by atoms with E-state index in [0.29, 0.717) is 11.3 Å². The molecule has 0 bridgehead atoms. The molecular formula is C14H11N3O. The molecule has 4 nitrogen and oxygen atoms in total. The molecule has 0 N–H and O–H groups in total. The summed E-state index contributed by atoms with van der Waals surface area (Å²) in [7, 11) is 0. The van der Waals surface area contributed by atoms with Crippen molar-refractivity contribution < 1.29 is 4.79 Å². The van der Waals surface area contributed by atoms with E-state index in [9.17, 15) is 4.79 Å². The fraction of sp³-hybridized carbons (Fsp3) is 0.0714. The second-order valence-corrected chi connectivity index (χ2v) is 4.17. The van der Waals surface area contributed by atoms with Gasteiger partial charge in [-0.2, -0.15) is 0 Å². The highest BCUT2D eigenvalue weighted by Gasteiger charge is 2.05. The maximum absolute atomic E-state index is 10.9. The highest BCUT2D eigenvalue weighted by Crippen LogP contribution is 2.18. The molecule has 88 valence electrons. The third kappa shape index (κ3) is 1.68. The molecule has 0 amide bonds. The lowest BCUT2D eigenvalue weighted by molar-refractivity contribution is 0.111. The molecule has 18 heavy (non-hydrogen) atoms. The summed E-state index contributed by atoms with van der Waals surface area (Å²) in [5, 5.41) is 0. The van der Waals surface area contributed by atoms with Gasteiger partial charge in [0.25, 0.3) is 0 Å². The van der Waals surface area contributed by atoms with Crippen LogP contribution in [0.3, 0.4) is 0 Å². The molecule has 0 aliphatic heterocycles. The van der Waals surface area contributed by atoms with Gasteiger partial charge >= 0.3 is 0 Å². The third-order valence-corrected chi connectivity index (χ3v) is 2.86. The molecule has 0 aliphatic rings. The van der Waals surface area contributed by atoms with Crippen LogP contribution in [0.15, 0.2) is 42.9 Å². The molecule has 0 fully saturated rings. The first kappa shape index (κ1) is 10.7. The first-order valence-electron chi connectivity index (χ1n) is 5.63. The van der Waals surface area contributed by atoms with Crippen LogP contribution in [0.25, 0.3) is 16.9 Å². The number of aromatic nitrogens is 3. The number of hydrogen-bond donors (Lipinski definition) is 0. The van der Waals surface area contributed by atoms with Crippen LogP contribution in [0.1, 0.15) is 16.1 Å². The molecule has 0 atom stereocenters. The topological polar surface area (TPSA) is 47.3 Å². The number of aldehydes is 1. The third-order valence-electron chi connectivity index (χ3n) is 2.86. The summed E-state index contributed by atoms with van der Waals surface area (Å²) in [5.41, 5.74) is 4.24. The normalized spacial score (nSPS) is 10.7. The number of rotatable bonds is 2. The molecular weight excluding hydrogens is 226 g/mol. The van der Waals surface area contributed by atoms with Gasteiger partial charge in [0.15, 0.2) is 11.9 Å². The van der Waals surface area contributed by atoms with Crippen LogP contribution >= 0.6 is 0 Å².